The number of piperidine rings is 1. The molecule has 0 radical (unpaired) electrons. The molecule has 6 rings (SSSR count). The molecule has 1 saturated heterocycles. The Morgan fingerprint density at radius 1 is 1.12 bits per heavy atom. The number of esters is 1. The van der Waals surface area contributed by atoms with Crippen LogP contribution >= 0.6 is 0 Å². The SMILES string of the molecule is COC(=O)c1ccc(N2CCC3(CC2)CC(=O)C3)cc1N1CCOc2nc3[nH]ccc3cc21. The summed E-state index contributed by atoms with van der Waals surface area (Å²) in [5.74, 6) is 0.571. The van der Waals surface area contributed by atoms with Crippen molar-refractivity contribution in [1.82, 2.24) is 9.97 Å². The quantitative estimate of drug-likeness (QED) is 0.612. The molecule has 33 heavy (non-hydrogen) atoms. The molecule has 8 nitrogen and oxygen atoms in total. The van der Waals surface area contributed by atoms with Crippen molar-refractivity contribution in [3.8, 4) is 5.88 Å². The number of anilines is 3. The second-order valence-electron chi connectivity index (χ2n) is 9.30. The zero-order chi connectivity index (χ0) is 22.6. The number of aromatic amines is 1. The average Bonchev–Trinajstić information content (AvgIpc) is 3.28. The molecule has 1 aromatic carbocycles. The highest BCUT2D eigenvalue weighted by Crippen LogP contribution is 2.48. The molecule has 2 fully saturated rings. The van der Waals surface area contributed by atoms with Gasteiger partial charge < -0.3 is 24.3 Å². The highest BCUT2D eigenvalue weighted by molar-refractivity contribution is 5.99. The maximum atomic E-state index is 12.7. The number of hydrogen-bond donors (Lipinski definition) is 1. The second kappa shape index (κ2) is 7.50. The van der Waals surface area contributed by atoms with Crippen molar-refractivity contribution in [2.75, 3.05) is 43.2 Å². The van der Waals surface area contributed by atoms with E-state index in [1.807, 2.05) is 30.5 Å². The summed E-state index contributed by atoms with van der Waals surface area (Å²) in [4.78, 5) is 36.4. The number of pyridine rings is 1. The number of carbonyl (C=O) groups excluding carboxylic acids is 2. The number of nitrogens with zero attached hydrogens (tertiary/aromatic N) is 3. The summed E-state index contributed by atoms with van der Waals surface area (Å²) in [6.45, 7) is 2.89. The van der Waals surface area contributed by atoms with Gasteiger partial charge in [-0.3, -0.25) is 4.79 Å². The highest BCUT2D eigenvalue weighted by Gasteiger charge is 2.45. The van der Waals surface area contributed by atoms with Gasteiger partial charge >= 0.3 is 5.97 Å². The number of carbonyl (C=O) groups is 2. The monoisotopic (exact) mass is 446 g/mol. The highest BCUT2D eigenvalue weighted by atomic mass is 16.5. The van der Waals surface area contributed by atoms with E-state index in [9.17, 15) is 9.59 Å². The number of fused-ring (bicyclic) bond motifs is 2. The van der Waals surface area contributed by atoms with Crippen LogP contribution in [0.5, 0.6) is 5.88 Å². The summed E-state index contributed by atoms with van der Waals surface area (Å²) < 4.78 is 10.9. The van der Waals surface area contributed by atoms with Crippen molar-refractivity contribution in [3.05, 3.63) is 42.1 Å². The summed E-state index contributed by atoms with van der Waals surface area (Å²) in [6, 6.07) is 9.94. The number of H-pyrrole nitrogens is 1. The summed E-state index contributed by atoms with van der Waals surface area (Å²) in [5.41, 5.74) is 4.21. The van der Waals surface area contributed by atoms with Crippen LogP contribution in [0.1, 0.15) is 36.0 Å². The van der Waals surface area contributed by atoms with Crippen molar-refractivity contribution >= 4 is 39.8 Å². The first-order valence-electron chi connectivity index (χ1n) is 11.4. The lowest BCUT2D eigenvalue weighted by Gasteiger charge is -2.47. The van der Waals surface area contributed by atoms with Gasteiger partial charge in [0.25, 0.3) is 0 Å². The Hall–Kier alpha value is -3.55. The largest absolute Gasteiger partial charge is 0.474 e. The lowest BCUT2D eigenvalue weighted by molar-refractivity contribution is -0.133. The molecule has 4 heterocycles. The maximum Gasteiger partial charge on any atom is 0.339 e. The fraction of sp³-hybridized carbons (Fsp3) is 0.400. The minimum atomic E-state index is -0.370. The molecular weight excluding hydrogens is 420 g/mol. The Kier molecular flexibility index (Phi) is 4.57. The number of aromatic nitrogens is 2. The van der Waals surface area contributed by atoms with Gasteiger partial charge in [-0.05, 0) is 48.6 Å². The number of Topliss-reactive ketones (excluding diaryl/α,β-unsaturated/α-hetero) is 1. The van der Waals surface area contributed by atoms with E-state index in [0.29, 0.717) is 30.4 Å². The number of ether oxygens (including phenoxy) is 2. The molecule has 170 valence electrons. The smallest absolute Gasteiger partial charge is 0.339 e. The van der Waals surface area contributed by atoms with Crippen LogP contribution in [0.25, 0.3) is 11.0 Å². The topological polar surface area (TPSA) is 87.8 Å². The van der Waals surface area contributed by atoms with E-state index < -0.39 is 0 Å². The lowest BCUT2D eigenvalue weighted by Crippen LogP contribution is -2.47. The van der Waals surface area contributed by atoms with E-state index in [1.54, 1.807) is 0 Å². The van der Waals surface area contributed by atoms with Crippen molar-refractivity contribution in [2.45, 2.75) is 25.7 Å². The van der Waals surface area contributed by atoms with Crippen molar-refractivity contribution in [2.24, 2.45) is 5.41 Å². The zero-order valence-electron chi connectivity index (χ0n) is 18.6. The number of rotatable bonds is 3. The molecule has 0 unspecified atom stereocenters. The van der Waals surface area contributed by atoms with Gasteiger partial charge in [0.1, 0.15) is 23.7 Å². The molecule has 2 aliphatic heterocycles. The van der Waals surface area contributed by atoms with Gasteiger partial charge in [0, 0.05) is 43.2 Å². The molecular formula is C25H26N4O4. The summed E-state index contributed by atoms with van der Waals surface area (Å²) in [7, 11) is 1.40. The van der Waals surface area contributed by atoms with Crippen LogP contribution in [0.4, 0.5) is 17.1 Å². The molecule has 3 aromatic rings. The number of benzene rings is 1. The van der Waals surface area contributed by atoms with Crippen LogP contribution in [0, 0.1) is 5.41 Å². The third-order valence-electron chi connectivity index (χ3n) is 7.34. The van der Waals surface area contributed by atoms with Crippen LogP contribution in [0.15, 0.2) is 36.5 Å². The summed E-state index contributed by atoms with van der Waals surface area (Å²) in [6.07, 6.45) is 5.38. The van der Waals surface area contributed by atoms with Crippen molar-refractivity contribution < 1.29 is 19.1 Å². The first kappa shape index (κ1) is 20.1. The molecule has 0 amide bonds. The Bertz CT molecular complexity index is 1250. The third-order valence-corrected chi connectivity index (χ3v) is 7.34. The molecule has 1 saturated carbocycles. The van der Waals surface area contributed by atoms with Crippen LogP contribution in [-0.2, 0) is 9.53 Å². The molecule has 1 N–H and O–H groups in total. The maximum absolute atomic E-state index is 12.7. The second-order valence-corrected chi connectivity index (χ2v) is 9.30. The number of nitrogens with one attached hydrogen (secondary N) is 1. The molecule has 8 heteroatoms. The molecule has 0 atom stereocenters. The zero-order valence-corrected chi connectivity index (χ0v) is 18.6. The third kappa shape index (κ3) is 3.32. The Morgan fingerprint density at radius 3 is 2.70 bits per heavy atom. The Labute approximate surface area is 191 Å². The van der Waals surface area contributed by atoms with Crippen LogP contribution in [-0.4, -0.2) is 55.1 Å². The number of ketones is 1. The van der Waals surface area contributed by atoms with Crippen molar-refractivity contribution in [3.63, 3.8) is 0 Å². The predicted octanol–water partition coefficient (Wildman–Crippen LogP) is 3.83. The summed E-state index contributed by atoms with van der Waals surface area (Å²) >= 11 is 0. The van der Waals surface area contributed by atoms with Gasteiger partial charge in [-0.25, -0.2) is 4.79 Å². The van der Waals surface area contributed by atoms with Gasteiger partial charge in [0.05, 0.1) is 24.9 Å². The molecule has 2 aromatic heterocycles. The van der Waals surface area contributed by atoms with Crippen LogP contribution in [0.2, 0.25) is 0 Å². The minimum absolute atomic E-state index is 0.221. The van der Waals surface area contributed by atoms with E-state index in [2.05, 4.69) is 25.8 Å². The Balaban J connectivity index is 1.37. The van der Waals surface area contributed by atoms with Gasteiger partial charge in [-0.1, -0.05) is 0 Å². The standard InChI is InChI=1S/C25H26N4O4/c1-32-24(31)19-3-2-17(28-8-5-25(6-9-28)14-18(30)15-25)13-20(19)29-10-11-33-23-21(29)12-16-4-7-26-22(16)27-23/h2-4,7,12-13H,5-6,8-11,14-15H2,1H3,(H,26,27). The molecule has 1 aliphatic carbocycles. The van der Waals surface area contributed by atoms with Gasteiger partial charge in [-0.2, -0.15) is 4.98 Å². The minimum Gasteiger partial charge on any atom is -0.474 e. The lowest BCUT2D eigenvalue weighted by atomic mass is 9.62. The van der Waals surface area contributed by atoms with Crippen LogP contribution in [0.3, 0.4) is 0 Å². The van der Waals surface area contributed by atoms with E-state index >= 15 is 0 Å². The fourth-order valence-electron chi connectivity index (χ4n) is 5.46. The normalized spacial score (nSPS) is 19.2. The molecule has 3 aliphatic rings. The first-order chi connectivity index (χ1) is 16.0. The molecule has 1 spiro atoms. The van der Waals surface area contributed by atoms with E-state index in [4.69, 9.17) is 9.47 Å². The van der Waals surface area contributed by atoms with Crippen molar-refractivity contribution in [1.29, 1.82) is 0 Å². The van der Waals surface area contributed by atoms with E-state index in [1.165, 1.54) is 7.11 Å². The fourth-order valence-corrected chi connectivity index (χ4v) is 5.46. The molecule has 0 bridgehead atoms. The van der Waals surface area contributed by atoms with E-state index in [-0.39, 0.29) is 11.4 Å². The van der Waals surface area contributed by atoms with Gasteiger partial charge in [0.15, 0.2) is 0 Å². The predicted molar refractivity (Wildman–Crippen MR) is 124 cm³/mol. The van der Waals surface area contributed by atoms with E-state index in [0.717, 1.165) is 66.9 Å². The first-order valence-corrected chi connectivity index (χ1v) is 11.4. The van der Waals surface area contributed by atoms with Gasteiger partial charge in [0.2, 0.25) is 5.88 Å². The number of hydrogen-bond acceptors (Lipinski definition) is 7. The Morgan fingerprint density at radius 2 is 1.94 bits per heavy atom. The number of methoxy groups -OCH3 is 1. The van der Waals surface area contributed by atoms with Gasteiger partial charge in [-0.15, -0.1) is 0 Å². The summed E-state index contributed by atoms with van der Waals surface area (Å²) in [5, 5.41) is 0.983. The average molecular weight is 447 g/mol. The van der Waals surface area contributed by atoms with Crippen LogP contribution < -0.4 is 14.5 Å².